The van der Waals surface area contributed by atoms with E-state index in [2.05, 4.69) is 20.9 Å². The molecule has 8 heteroatoms. The Labute approximate surface area is 106 Å². The lowest BCUT2D eigenvalue weighted by Crippen LogP contribution is -2.16. The third kappa shape index (κ3) is 3.33. The first-order valence-corrected chi connectivity index (χ1v) is 5.22. The highest BCUT2D eigenvalue weighted by atomic mass is 79.9. The van der Waals surface area contributed by atoms with Crippen LogP contribution in [0, 0.1) is 5.82 Å². The molecule has 0 aliphatic rings. The minimum absolute atomic E-state index is 0.0248. The van der Waals surface area contributed by atoms with E-state index in [-0.39, 0.29) is 15.2 Å². The molecule has 1 rings (SSSR count). The van der Waals surface area contributed by atoms with Crippen LogP contribution in [0.3, 0.4) is 0 Å². The Morgan fingerprint density at radius 2 is 1.88 bits per heavy atom. The SMILES string of the molecule is Fc1cc(Br)c(N=C(Cl)C(F)(F)F)cc1Cl. The van der Waals surface area contributed by atoms with Crippen molar-refractivity contribution in [1.82, 2.24) is 0 Å². The molecule has 0 aromatic heterocycles. The van der Waals surface area contributed by atoms with E-state index in [9.17, 15) is 17.6 Å². The predicted molar refractivity (Wildman–Crippen MR) is 58.1 cm³/mol. The highest BCUT2D eigenvalue weighted by Gasteiger charge is 2.34. The molecule has 0 saturated carbocycles. The molecular weight excluding hydrogens is 337 g/mol. The van der Waals surface area contributed by atoms with E-state index in [0.29, 0.717) is 0 Å². The molecule has 0 spiro atoms. The Hall–Kier alpha value is -0.330. The lowest BCUT2D eigenvalue weighted by molar-refractivity contribution is -0.0558. The van der Waals surface area contributed by atoms with Gasteiger partial charge < -0.3 is 0 Å². The van der Waals surface area contributed by atoms with Crippen molar-refractivity contribution in [2.75, 3.05) is 0 Å². The van der Waals surface area contributed by atoms with Crippen LogP contribution in [0.4, 0.5) is 23.2 Å². The second-order valence-electron chi connectivity index (χ2n) is 2.62. The molecule has 0 aliphatic carbocycles. The topological polar surface area (TPSA) is 12.4 Å². The van der Waals surface area contributed by atoms with Crippen molar-refractivity contribution in [3.8, 4) is 0 Å². The average molecular weight is 339 g/mol. The highest BCUT2D eigenvalue weighted by Crippen LogP contribution is 2.33. The summed E-state index contributed by atoms with van der Waals surface area (Å²) >= 11 is 13.2. The smallest absolute Gasteiger partial charge is 0.231 e. The van der Waals surface area contributed by atoms with Crippen LogP contribution >= 0.6 is 39.1 Å². The van der Waals surface area contributed by atoms with Gasteiger partial charge in [0.15, 0.2) is 0 Å². The van der Waals surface area contributed by atoms with Crippen LogP contribution in [0.15, 0.2) is 21.6 Å². The van der Waals surface area contributed by atoms with Gasteiger partial charge in [0.05, 0.1) is 10.7 Å². The molecule has 0 N–H and O–H groups in total. The van der Waals surface area contributed by atoms with Gasteiger partial charge in [-0.3, -0.25) is 0 Å². The zero-order valence-electron chi connectivity index (χ0n) is 7.25. The summed E-state index contributed by atoms with van der Waals surface area (Å²) in [6, 6.07) is 1.84. The number of hydrogen-bond acceptors (Lipinski definition) is 1. The average Bonchev–Trinajstić information content (AvgIpc) is 2.12. The number of rotatable bonds is 1. The third-order valence-electron chi connectivity index (χ3n) is 1.44. The lowest BCUT2D eigenvalue weighted by Gasteiger charge is -2.05. The monoisotopic (exact) mass is 337 g/mol. The van der Waals surface area contributed by atoms with Crippen molar-refractivity contribution in [3.05, 3.63) is 27.4 Å². The Morgan fingerprint density at radius 3 is 2.38 bits per heavy atom. The van der Waals surface area contributed by atoms with Gasteiger partial charge in [-0.25, -0.2) is 9.38 Å². The number of aliphatic imine (C=N–C) groups is 1. The molecule has 88 valence electrons. The van der Waals surface area contributed by atoms with Crippen LogP contribution in [0.1, 0.15) is 0 Å². The molecule has 0 heterocycles. The molecule has 1 nitrogen and oxygen atoms in total. The number of halogens is 7. The summed E-state index contributed by atoms with van der Waals surface area (Å²) in [6.07, 6.45) is -4.75. The summed E-state index contributed by atoms with van der Waals surface area (Å²) in [5.74, 6) is -0.768. The standard InChI is InChI=1S/C8H2BrCl2F4N/c9-3-1-5(12)4(10)2-6(3)16-7(11)8(13,14)15/h1-2H. The summed E-state index contributed by atoms with van der Waals surface area (Å²) in [5, 5.41) is -1.90. The van der Waals surface area contributed by atoms with Crippen LogP contribution in [0.25, 0.3) is 0 Å². The van der Waals surface area contributed by atoms with E-state index in [1.54, 1.807) is 0 Å². The van der Waals surface area contributed by atoms with Gasteiger partial charge in [-0.1, -0.05) is 23.2 Å². The second kappa shape index (κ2) is 4.89. The molecule has 0 saturated heterocycles. The molecule has 0 aliphatic heterocycles. The first-order chi connectivity index (χ1) is 7.21. The number of alkyl halides is 3. The molecule has 1 aromatic rings. The molecule has 0 amide bonds. The summed E-state index contributed by atoms with van der Waals surface area (Å²) in [6.45, 7) is 0. The summed E-state index contributed by atoms with van der Waals surface area (Å²) in [5.41, 5.74) is -0.200. The van der Waals surface area contributed by atoms with Gasteiger partial charge in [-0.05, 0) is 28.1 Å². The molecule has 0 unspecified atom stereocenters. The van der Waals surface area contributed by atoms with Gasteiger partial charge in [0.2, 0.25) is 5.17 Å². The fraction of sp³-hybridized carbons (Fsp3) is 0.125. The molecular formula is C8H2BrCl2F4N. The molecule has 0 fully saturated rings. The van der Waals surface area contributed by atoms with Crippen LogP contribution in [-0.2, 0) is 0 Å². The molecule has 1 aromatic carbocycles. The van der Waals surface area contributed by atoms with Gasteiger partial charge in [0, 0.05) is 4.47 Å². The zero-order valence-corrected chi connectivity index (χ0v) is 10.3. The minimum Gasteiger partial charge on any atom is -0.231 e. The first-order valence-electron chi connectivity index (χ1n) is 3.67. The van der Waals surface area contributed by atoms with Crippen LogP contribution in [0.5, 0.6) is 0 Å². The maximum absolute atomic E-state index is 12.9. The Bertz CT molecular complexity index is 444. The van der Waals surface area contributed by atoms with Gasteiger partial charge >= 0.3 is 6.18 Å². The summed E-state index contributed by atoms with van der Waals surface area (Å²) < 4.78 is 49.1. The number of hydrogen-bond donors (Lipinski definition) is 0. The van der Waals surface area contributed by atoms with Gasteiger partial charge in [-0.15, -0.1) is 0 Å². The number of benzene rings is 1. The van der Waals surface area contributed by atoms with Gasteiger partial charge in [-0.2, -0.15) is 13.2 Å². The van der Waals surface area contributed by atoms with E-state index >= 15 is 0 Å². The predicted octanol–water partition coefficient (Wildman–Crippen LogP) is 5.07. The maximum atomic E-state index is 12.9. The minimum atomic E-state index is -4.75. The van der Waals surface area contributed by atoms with E-state index in [1.807, 2.05) is 0 Å². The van der Waals surface area contributed by atoms with Crippen LogP contribution in [-0.4, -0.2) is 11.3 Å². The van der Waals surface area contributed by atoms with Crippen molar-refractivity contribution < 1.29 is 17.6 Å². The zero-order chi connectivity index (χ0) is 12.5. The van der Waals surface area contributed by atoms with E-state index in [1.165, 1.54) is 0 Å². The molecule has 0 bridgehead atoms. The van der Waals surface area contributed by atoms with Crippen molar-refractivity contribution >= 4 is 50.0 Å². The Morgan fingerprint density at radius 1 is 1.31 bits per heavy atom. The Balaban J connectivity index is 3.21. The summed E-state index contributed by atoms with van der Waals surface area (Å²) in [4.78, 5) is 3.09. The van der Waals surface area contributed by atoms with Crippen molar-refractivity contribution in [2.24, 2.45) is 4.99 Å². The van der Waals surface area contributed by atoms with Crippen LogP contribution < -0.4 is 0 Å². The maximum Gasteiger partial charge on any atom is 0.444 e. The van der Waals surface area contributed by atoms with Gasteiger partial charge in [0.1, 0.15) is 5.82 Å². The van der Waals surface area contributed by atoms with E-state index in [4.69, 9.17) is 23.2 Å². The lowest BCUT2D eigenvalue weighted by atomic mass is 10.3. The van der Waals surface area contributed by atoms with E-state index in [0.717, 1.165) is 12.1 Å². The molecule has 0 atom stereocenters. The third-order valence-corrected chi connectivity index (χ3v) is 2.67. The normalized spacial score (nSPS) is 13.1. The highest BCUT2D eigenvalue weighted by molar-refractivity contribution is 9.10. The van der Waals surface area contributed by atoms with Gasteiger partial charge in [0.25, 0.3) is 0 Å². The largest absolute Gasteiger partial charge is 0.444 e. The second-order valence-corrected chi connectivity index (χ2v) is 4.24. The fourth-order valence-electron chi connectivity index (χ4n) is 0.767. The molecule has 16 heavy (non-hydrogen) atoms. The quantitative estimate of drug-likeness (QED) is 0.385. The number of nitrogens with zero attached hydrogens (tertiary/aromatic N) is 1. The van der Waals surface area contributed by atoms with Crippen molar-refractivity contribution in [3.63, 3.8) is 0 Å². The van der Waals surface area contributed by atoms with Crippen molar-refractivity contribution in [1.29, 1.82) is 0 Å². The van der Waals surface area contributed by atoms with E-state index < -0.39 is 17.2 Å². The molecule has 0 radical (unpaired) electrons. The Kier molecular flexibility index (Phi) is 4.20. The summed E-state index contributed by atoms with van der Waals surface area (Å²) in [7, 11) is 0. The fourth-order valence-corrected chi connectivity index (χ4v) is 1.42. The van der Waals surface area contributed by atoms with Crippen LogP contribution in [0.2, 0.25) is 5.02 Å². The van der Waals surface area contributed by atoms with Crippen molar-refractivity contribution in [2.45, 2.75) is 6.18 Å². The first kappa shape index (κ1) is 13.7.